The van der Waals surface area contributed by atoms with Crippen LogP contribution in [0.4, 0.5) is 5.69 Å². The summed E-state index contributed by atoms with van der Waals surface area (Å²) in [6, 6.07) is 5.64. The number of esters is 4. The average molecular weight is 648 g/mol. The standard InChI is InChI=1S/C30H33NO9S3/c1-14(2)12-18(32)31-17-11-10-15(3)13-16(17)19-24(29(31,4)5)41-21(26(34)38-7)20(25(33)37-6)30(19)42-22(27(35)39-8)23(43-30)28(36)40-9/h10-11,13-14H,12H2,1-9H3. The summed E-state index contributed by atoms with van der Waals surface area (Å²) in [6.45, 7) is 9.54. The molecule has 0 atom stereocenters. The Balaban J connectivity index is 2.16. The number of carbonyl (C=O) groups excluding carboxylic acids is 5. The van der Waals surface area contributed by atoms with E-state index in [0.29, 0.717) is 21.7 Å². The minimum Gasteiger partial charge on any atom is -0.466 e. The van der Waals surface area contributed by atoms with Gasteiger partial charge in [0.1, 0.15) is 18.8 Å². The van der Waals surface area contributed by atoms with Gasteiger partial charge in [-0.1, -0.05) is 60.8 Å². The van der Waals surface area contributed by atoms with Gasteiger partial charge in [0.05, 0.1) is 45.2 Å². The van der Waals surface area contributed by atoms with Crippen LogP contribution >= 0.6 is 35.3 Å². The summed E-state index contributed by atoms with van der Waals surface area (Å²) in [5.74, 6) is -3.33. The number of fused-ring (bicyclic) bond motifs is 3. The van der Waals surface area contributed by atoms with E-state index in [1.807, 2.05) is 52.8 Å². The molecule has 0 bridgehead atoms. The molecule has 0 saturated carbocycles. The summed E-state index contributed by atoms with van der Waals surface area (Å²) in [7, 11) is 4.73. The molecular formula is C30H33NO9S3. The van der Waals surface area contributed by atoms with Crippen molar-refractivity contribution in [3.8, 4) is 0 Å². The van der Waals surface area contributed by atoms with Gasteiger partial charge >= 0.3 is 23.9 Å². The number of aryl methyl sites for hydroxylation is 1. The zero-order valence-corrected chi connectivity index (χ0v) is 27.8. The lowest BCUT2D eigenvalue weighted by Crippen LogP contribution is -2.54. The van der Waals surface area contributed by atoms with Crippen LogP contribution in [-0.2, 0) is 42.9 Å². The van der Waals surface area contributed by atoms with Gasteiger partial charge in [0.2, 0.25) is 5.91 Å². The van der Waals surface area contributed by atoms with Crippen molar-refractivity contribution in [2.75, 3.05) is 33.3 Å². The second-order valence-corrected chi connectivity index (χ2v) is 14.6. The molecule has 0 fully saturated rings. The third-order valence-corrected chi connectivity index (χ3v) is 11.8. The Kier molecular flexibility index (Phi) is 9.20. The second-order valence-electron chi connectivity index (χ2n) is 10.9. The molecule has 1 aromatic carbocycles. The predicted octanol–water partition coefficient (Wildman–Crippen LogP) is 4.96. The van der Waals surface area contributed by atoms with Gasteiger partial charge in [-0.25, -0.2) is 19.2 Å². The molecule has 3 aliphatic rings. The highest BCUT2D eigenvalue weighted by molar-refractivity contribution is 8.26. The van der Waals surface area contributed by atoms with E-state index < -0.39 is 33.5 Å². The molecule has 230 valence electrons. The molecule has 0 radical (unpaired) electrons. The van der Waals surface area contributed by atoms with E-state index in [0.717, 1.165) is 40.8 Å². The molecule has 0 aromatic heterocycles. The predicted molar refractivity (Wildman–Crippen MR) is 167 cm³/mol. The fourth-order valence-electron chi connectivity index (χ4n) is 5.32. The van der Waals surface area contributed by atoms with Gasteiger partial charge in [0.25, 0.3) is 0 Å². The van der Waals surface area contributed by atoms with E-state index in [1.54, 1.807) is 4.90 Å². The van der Waals surface area contributed by atoms with Crippen molar-refractivity contribution in [3.63, 3.8) is 0 Å². The lowest BCUT2D eigenvalue weighted by Gasteiger charge is -2.51. The molecule has 43 heavy (non-hydrogen) atoms. The lowest BCUT2D eigenvalue weighted by atomic mass is 9.82. The molecule has 4 rings (SSSR count). The monoisotopic (exact) mass is 647 g/mol. The van der Waals surface area contributed by atoms with Crippen LogP contribution in [0.25, 0.3) is 5.57 Å². The Hall–Kier alpha value is -3.16. The van der Waals surface area contributed by atoms with Gasteiger partial charge in [-0.3, -0.25) is 4.79 Å². The van der Waals surface area contributed by atoms with Crippen molar-refractivity contribution in [3.05, 3.63) is 54.5 Å². The fourth-order valence-corrected chi connectivity index (χ4v) is 10.4. The Labute approximate surface area is 262 Å². The minimum atomic E-state index is -1.60. The van der Waals surface area contributed by atoms with Crippen LogP contribution in [0.1, 0.15) is 45.2 Å². The number of thioether (sulfide) groups is 3. The third kappa shape index (κ3) is 5.29. The largest absolute Gasteiger partial charge is 0.466 e. The molecule has 0 aliphatic carbocycles. The van der Waals surface area contributed by atoms with E-state index in [1.165, 1.54) is 28.4 Å². The van der Waals surface area contributed by atoms with Gasteiger partial charge in [-0.2, -0.15) is 0 Å². The topological polar surface area (TPSA) is 126 Å². The SMILES string of the molecule is COC(=O)C1=C(C(=O)OC)SC2(S1)C(C(=O)OC)=C(C(=O)OC)SC1=C2c2cc(C)ccc2N(C(=O)CC(C)C)C1(C)C. The number of carbonyl (C=O) groups is 5. The van der Waals surface area contributed by atoms with Crippen molar-refractivity contribution < 1.29 is 42.9 Å². The molecule has 3 heterocycles. The number of rotatable bonds is 6. The first-order valence-corrected chi connectivity index (χ1v) is 15.7. The summed E-state index contributed by atoms with van der Waals surface area (Å²) in [6.07, 6.45) is 0.270. The molecule has 3 aliphatic heterocycles. The molecule has 1 spiro atoms. The smallest absolute Gasteiger partial charge is 0.345 e. The van der Waals surface area contributed by atoms with Gasteiger partial charge in [-0.05, 0) is 38.8 Å². The van der Waals surface area contributed by atoms with E-state index in [9.17, 15) is 24.0 Å². The van der Waals surface area contributed by atoms with Crippen molar-refractivity contribution in [1.82, 2.24) is 0 Å². The maximum Gasteiger partial charge on any atom is 0.345 e. The number of hydrogen-bond donors (Lipinski definition) is 0. The fraction of sp³-hybridized carbons (Fsp3) is 0.433. The second kappa shape index (κ2) is 12.1. The molecule has 10 nitrogen and oxygen atoms in total. The first-order valence-electron chi connectivity index (χ1n) is 13.3. The number of hydrogen-bond acceptors (Lipinski definition) is 12. The Bertz CT molecular complexity index is 1510. The molecule has 0 N–H and O–H groups in total. The highest BCUT2D eigenvalue weighted by Gasteiger charge is 2.61. The lowest BCUT2D eigenvalue weighted by molar-refractivity contribution is -0.138. The number of ether oxygens (including phenoxy) is 4. The highest BCUT2D eigenvalue weighted by atomic mass is 32.2. The van der Waals surface area contributed by atoms with Gasteiger partial charge < -0.3 is 23.8 Å². The Morgan fingerprint density at radius 1 is 0.814 bits per heavy atom. The van der Waals surface area contributed by atoms with Crippen LogP contribution in [0.2, 0.25) is 0 Å². The van der Waals surface area contributed by atoms with Crippen LogP contribution in [-0.4, -0.2) is 67.8 Å². The highest BCUT2D eigenvalue weighted by Crippen LogP contribution is 2.71. The van der Waals surface area contributed by atoms with E-state index in [4.69, 9.17) is 18.9 Å². The third-order valence-electron chi connectivity index (χ3n) is 7.13. The van der Waals surface area contributed by atoms with Crippen LogP contribution in [0, 0.1) is 12.8 Å². The van der Waals surface area contributed by atoms with Crippen LogP contribution in [0.3, 0.4) is 0 Å². The van der Waals surface area contributed by atoms with E-state index in [-0.39, 0.29) is 38.5 Å². The van der Waals surface area contributed by atoms with Gasteiger partial charge in [0.15, 0.2) is 0 Å². The molecule has 13 heteroatoms. The summed E-state index contributed by atoms with van der Waals surface area (Å²) in [5, 5.41) is 0. The van der Waals surface area contributed by atoms with E-state index in [2.05, 4.69) is 0 Å². The number of nitrogens with zero attached hydrogens (tertiary/aromatic N) is 1. The maximum atomic E-state index is 13.9. The molecular weight excluding hydrogens is 615 g/mol. The molecule has 1 amide bonds. The molecule has 1 aromatic rings. The molecule has 0 saturated heterocycles. The quantitative estimate of drug-likeness (QED) is 0.306. The van der Waals surface area contributed by atoms with Crippen molar-refractivity contribution in [2.45, 2.75) is 50.7 Å². The average Bonchev–Trinajstić information content (AvgIpc) is 3.35. The Morgan fingerprint density at radius 3 is 1.81 bits per heavy atom. The van der Waals surface area contributed by atoms with E-state index >= 15 is 0 Å². The number of benzene rings is 1. The van der Waals surface area contributed by atoms with Gasteiger partial charge in [0, 0.05) is 22.5 Å². The number of anilines is 1. The first-order chi connectivity index (χ1) is 20.2. The number of methoxy groups -OCH3 is 4. The van der Waals surface area contributed by atoms with Crippen molar-refractivity contribution in [1.29, 1.82) is 0 Å². The summed E-state index contributed by atoms with van der Waals surface area (Å²) < 4.78 is 18.8. The number of amides is 1. The van der Waals surface area contributed by atoms with Crippen molar-refractivity contribution in [2.24, 2.45) is 5.92 Å². The van der Waals surface area contributed by atoms with Crippen LogP contribution in [0.15, 0.2) is 43.4 Å². The van der Waals surface area contributed by atoms with Crippen LogP contribution < -0.4 is 4.90 Å². The van der Waals surface area contributed by atoms with Gasteiger partial charge in [-0.15, -0.1) is 0 Å². The normalized spacial score (nSPS) is 18.4. The molecule has 0 unspecified atom stereocenters. The summed E-state index contributed by atoms with van der Waals surface area (Å²) >= 11 is 2.83. The zero-order chi connectivity index (χ0) is 32.0. The maximum absolute atomic E-state index is 13.9. The zero-order valence-electron chi connectivity index (χ0n) is 25.4. The minimum absolute atomic E-state index is 0.0738. The summed E-state index contributed by atoms with van der Waals surface area (Å²) in [4.78, 5) is 69.2. The summed E-state index contributed by atoms with van der Waals surface area (Å²) in [5.41, 5.74) is 1.48. The first kappa shape index (κ1) is 32.7. The van der Waals surface area contributed by atoms with Crippen molar-refractivity contribution >= 4 is 76.3 Å². The van der Waals surface area contributed by atoms with Crippen LogP contribution in [0.5, 0.6) is 0 Å². The Morgan fingerprint density at radius 2 is 1.33 bits per heavy atom.